The van der Waals surface area contributed by atoms with Gasteiger partial charge in [-0.15, -0.1) is 0 Å². The highest BCUT2D eigenvalue weighted by molar-refractivity contribution is 6.46. The second-order valence-corrected chi connectivity index (χ2v) is 8.93. The first-order chi connectivity index (χ1) is 16.9. The van der Waals surface area contributed by atoms with E-state index in [1.165, 1.54) is 17.0 Å². The molecule has 1 fully saturated rings. The van der Waals surface area contributed by atoms with Gasteiger partial charge in [-0.3, -0.25) is 9.59 Å². The van der Waals surface area contributed by atoms with Gasteiger partial charge in [0.15, 0.2) is 0 Å². The lowest BCUT2D eigenvalue weighted by Gasteiger charge is -2.25. The standard InChI is InChI=1S/C29H22ClNO4/c30-21-13-11-18(12-14-21)15-16-31-26(20-7-3-8-22(32)17-20)25(28(34)29(31)35)27(33)24-10-4-6-19-5-1-2-9-23(19)24/h1-14,17,26,32-33H,15-16H2/b27-25-. The quantitative estimate of drug-likeness (QED) is 0.211. The molecule has 0 spiro atoms. The van der Waals surface area contributed by atoms with Gasteiger partial charge < -0.3 is 15.1 Å². The highest BCUT2D eigenvalue weighted by Gasteiger charge is 2.46. The molecule has 1 aliphatic heterocycles. The zero-order chi connectivity index (χ0) is 24.5. The number of aliphatic hydroxyl groups is 1. The number of carbonyl (C=O) groups is 2. The van der Waals surface area contributed by atoms with Gasteiger partial charge in [0, 0.05) is 17.1 Å². The van der Waals surface area contributed by atoms with Gasteiger partial charge in [0.1, 0.15) is 11.5 Å². The van der Waals surface area contributed by atoms with Gasteiger partial charge in [-0.2, -0.15) is 0 Å². The summed E-state index contributed by atoms with van der Waals surface area (Å²) < 4.78 is 0. The van der Waals surface area contributed by atoms with Gasteiger partial charge in [0.25, 0.3) is 11.7 Å². The number of phenolic OH excluding ortho intramolecular Hbond substituents is 1. The first-order valence-corrected chi connectivity index (χ1v) is 11.6. The summed E-state index contributed by atoms with van der Waals surface area (Å²) >= 11 is 5.99. The van der Waals surface area contributed by atoms with Crippen molar-refractivity contribution in [3.05, 3.63) is 118 Å². The molecule has 174 valence electrons. The number of hydrogen-bond acceptors (Lipinski definition) is 4. The molecule has 1 heterocycles. The zero-order valence-corrected chi connectivity index (χ0v) is 19.4. The molecule has 1 aliphatic rings. The number of amides is 1. The monoisotopic (exact) mass is 483 g/mol. The largest absolute Gasteiger partial charge is 0.508 e. The molecule has 4 aromatic carbocycles. The van der Waals surface area contributed by atoms with Crippen LogP contribution >= 0.6 is 11.6 Å². The van der Waals surface area contributed by atoms with Crippen LogP contribution < -0.4 is 0 Å². The normalized spacial score (nSPS) is 17.3. The van der Waals surface area contributed by atoms with Crippen LogP contribution in [0, 0.1) is 0 Å². The lowest BCUT2D eigenvalue weighted by molar-refractivity contribution is -0.139. The average Bonchev–Trinajstić information content (AvgIpc) is 3.12. The third-order valence-corrected chi connectivity index (χ3v) is 6.58. The maximum absolute atomic E-state index is 13.3. The third-order valence-electron chi connectivity index (χ3n) is 6.33. The lowest BCUT2D eigenvalue weighted by Crippen LogP contribution is -2.31. The smallest absolute Gasteiger partial charge is 0.295 e. The number of Topliss-reactive ketones (excluding diaryl/α,β-unsaturated/α-hetero) is 1. The summed E-state index contributed by atoms with van der Waals surface area (Å²) in [5.74, 6) is -1.66. The molecule has 0 aliphatic carbocycles. The molecule has 6 heteroatoms. The molecule has 0 bridgehead atoms. The Labute approximate surface area is 207 Å². The molecule has 1 amide bonds. The van der Waals surface area contributed by atoms with Gasteiger partial charge in [0.05, 0.1) is 11.6 Å². The van der Waals surface area contributed by atoms with E-state index < -0.39 is 17.7 Å². The van der Waals surface area contributed by atoms with Crippen molar-refractivity contribution in [2.45, 2.75) is 12.5 Å². The summed E-state index contributed by atoms with van der Waals surface area (Å²) in [7, 11) is 0. The molecule has 0 saturated carbocycles. The highest BCUT2D eigenvalue weighted by atomic mass is 35.5. The Morgan fingerprint density at radius 3 is 2.37 bits per heavy atom. The van der Waals surface area contributed by atoms with Crippen LogP contribution in [0.25, 0.3) is 16.5 Å². The van der Waals surface area contributed by atoms with Crippen molar-refractivity contribution in [3.63, 3.8) is 0 Å². The molecular formula is C29H22ClNO4. The van der Waals surface area contributed by atoms with Crippen molar-refractivity contribution in [2.75, 3.05) is 6.54 Å². The SMILES string of the molecule is O=C1C(=O)N(CCc2ccc(Cl)cc2)C(c2cccc(O)c2)/C1=C(/O)c1cccc2ccccc12. The summed E-state index contributed by atoms with van der Waals surface area (Å²) in [4.78, 5) is 28.0. The van der Waals surface area contributed by atoms with Gasteiger partial charge in [-0.1, -0.05) is 78.3 Å². The minimum absolute atomic E-state index is 0.00746. The number of phenols is 1. The molecule has 5 rings (SSSR count). The van der Waals surface area contributed by atoms with E-state index in [2.05, 4.69) is 0 Å². The molecule has 35 heavy (non-hydrogen) atoms. The van der Waals surface area contributed by atoms with E-state index in [1.807, 2.05) is 42.5 Å². The van der Waals surface area contributed by atoms with E-state index in [0.717, 1.165) is 16.3 Å². The Bertz CT molecular complexity index is 1470. The highest BCUT2D eigenvalue weighted by Crippen LogP contribution is 2.41. The number of nitrogens with zero attached hydrogens (tertiary/aromatic N) is 1. The van der Waals surface area contributed by atoms with E-state index in [4.69, 9.17) is 11.6 Å². The maximum atomic E-state index is 13.3. The Morgan fingerprint density at radius 2 is 1.60 bits per heavy atom. The Morgan fingerprint density at radius 1 is 0.886 bits per heavy atom. The number of ketones is 1. The third kappa shape index (κ3) is 4.27. The number of carbonyl (C=O) groups excluding carboxylic acids is 2. The van der Waals surface area contributed by atoms with Crippen LogP contribution in [0.2, 0.25) is 5.02 Å². The summed E-state index contributed by atoms with van der Waals surface area (Å²) in [6.07, 6.45) is 0.494. The van der Waals surface area contributed by atoms with Crippen LogP contribution in [0.1, 0.15) is 22.7 Å². The number of hydrogen-bond donors (Lipinski definition) is 2. The first kappa shape index (κ1) is 22.7. The molecule has 1 unspecified atom stereocenters. The second-order valence-electron chi connectivity index (χ2n) is 8.49. The number of halogens is 1. The van der Waals surface area contributed by atoms with Gasteiger partial charge in [-0.25, -0.2) is 0 Å². The van der Waals surface area contributed by atoms with Gasteiger partial charge >= 0.3 is 0 Å². The number of aromatic hydroxyl groups is 1. The van der Waals surface area contributed by atoms with Crippen LogP contribution in [-0.2, 0) is 16.0 Å². The minimum atomic E-state index is -0.839. The molecule has 2 N–H and O–H groups in total. The second kappa shape index (κ2) is 9.28. The van der Waals surface area contributed by atoms with Gasteiger partial charge in [-0.05, 0) is 52.6 Å². The predicted molar refractivity (Wildman–Crippen MR) is 136 cm³/mol. The summed E-state index contributed by atoms with van der Waals surface area (Å²) in [5.41, 5.74) is 1.99. The van der Waals surface area contributed by atoms with Crippen molar-refractivity contribution in [3.8, 4) is 5.75 Å². The molecule has 5 nitrogen and oxygen atoms in total. The van der Waals surface area contributed by atoms with Crippen molar-refractivity contribution in [1.82, 2.24) is 4.90 Å². The molecule has 1 saturated heterocycles. The fraction of sp³-hybridized carbons (Fsp3) is 0.103. The molecule has 0 aromatic heterocycles. The molecule has 4 aromatic rings. The number of fused-ring (bicyclic) bond motifs is 1. The van der Waals surface area contributed by atoms with Crippen molar-refractivity contribution in [2.24, 2.45) is 0 Å². The van der Waals surface area contributed by atoms with Crippen molar-refractivity contribution >= 4 is 39.8 Å². The average molecular weight is 484 g/mol. The maximum Gasteiger partial charge on any atom is 0.295 e. The fourth-order valence-electron chi connectivity index (χ4n) is 4.63. The number of benzene rings is 4. The summed E-state index contributed by atoms with van der Waals surface area (Å²) in [5, 5.41) is 23.9. The van der Waals surface area contributed by atoms with Crippen LogP contribution in [-0.4, -0.2) is 33.3 Å². The van der Waals surface area contributed by atoms with Crippen LogP contribution in [0.3, 0.4) is 0 Å². The van der Waals surface area contributed by atoms with Gasteiger partial charge in [0.2, 0.25) is 0 Å². The summed E-state index contributed by atoms with van der Waals surface area (Å²) in [6, 6.07) is 25.9. The van der Waals surface area contributed by atoms with Crippen LogP contribution in [0.4, 0.5) is 0 Å². The van der Waals surface area contributed by atoms with E-state index in [0.29, 0.717) is 22.6 Å². The summed E-state index contributed by atoms with van der Waals surface area (Å²) in [6.45, 7) is 0.249. The molecule has 0 radical (unpaired) electrons. The minimum Gasteiger partial charge on any atom is -0.508 e. The molecular weight excluding hydrogens is 462 g/mol. The zero-order valence-electron chi connectivity index (χ0n) is 18.7. The number of likely N-dealkylation sites (tertiary alicyclic amines) is 1. The van der Waals surface area contributed by atoms with Crippen LogP contribution in [0.15, 0.2) is 96.6 Å². The number of aliphatic hydroxyl groups excluding tert-OH is 1. The van der Waals surface area contributed by atoms with Crippen LogP contribution in [0.5, 0.6) is 5.75 Å². The Hall–Kier alpha value is -4.09. The topological polar surface area (TPSA) is 77.8 Å². The van der Waals surface area contributed by atoms with E-state index in [-0.39, 0.29) is 23.6 Å². The first-order valence-electron chi connectivity index (χ1n) is 11.2. The van der Waals surface area contributed by atoms with Crippen molar-refractivity contribution in [1.29, 1.82) is 0 Å². The predicted octanol–water partition coefficient (Wildman–Crippen LogP) is 5.86. The molecule has 1 atom stereocenters. The Balaban J connectivity index is 1.63. The van der Waals surface area contributed by atoms with Crippen molar-refractivity contribution < 1.29 is 19.8 Å². The fourth-order valence-corrected chi connectivity index (χ4v) is 4.76. The lowest BCUT2D eigenvalue weighted by atomic mass is 9.93. The van der Waals surface area contributed by atoms with E-state index >= 15 is 0 Å². The van der Waals surface area contributed by atoms with E-state index in [1.54, 1.807) is 36.4 Å². The Kier molecular flexibility index (Phi) is 6.01. The van der Waals surface area contributed by atoms with E-state index in [9.17, 15) is 19.8 Å². The number of rotatable bonds is 5.